The summed E-state index contributed by atoms with van der Waals surface area (Å²) < 4.78 is 11.6. The Morgan fingerprint density at radius 1 is 1.05 bits per heavy atom. The average Bonchev–Trinajstić information content (AvgIpc) is 3.33. The van der Waals surface area contributed by atoms with E-state index in [-0.39, 0.29) is 30.4 Å². The van der Waals surface area contributed by atoms with E-state index in [0.717, 1.165) is 33.3 Å². The lowest BCUT2D eigenvalue weighted by atomic mass is 9.76. The van der Waals surface area contributed by atoms with Gasteiger partial charge in [-0.1, -0.05) is 48.0 Å². The molecule has 1 aromatic heterocycles. The molecule has 2 atom stereocenters. The molecule has 0 saturated carbocycles. The highest BCUT2D eigenvalue weighted by molar-refractivity contribution is 6.30. The molecule has 2 aliphatic heterocycles. The van der Waals surface area contributed by atoms with Gasteiger partial charge in [-0.3, -0.25) is 9.59 Å². The van der Waals surface area contributed by atoms with E-state index in [4.69, 9.17) is 21.1 Å². The van der Waals surface area contributed by atoms with Crippen LogP contribution in [0.2, 0.25) is 5.02 Å². The first kappa shape index (κ1) is 26.3. The maximum atomic E-state index is 14.3. The van der Waals surface area contributed by atoms with Crippen LogP contribution in [0.25, 0.3) is 10.9 Å². The molecule has 3 heterocycles. The summed E-state index contributed by atoms with van der Waals surface area (Å²) in [5, 5.41) is 1.64. The summed E-state index contributed by atoms with van der Waals surface area (Å²) in [5.74, 6) is 0.927. The number of para-hydroxylation sites is 1. The molecule has 0 aliphatic carbocycles. The van der Waals surface area contributed by atoms with Gasteiger partial charge >= 0.3 is 0 Å². The number of hydrogen-bond donors (Lipinski definition) is 1. The number of rotatable bonds is 6. The summed E-state index contributed by atoms with van der Waals surface area (Å²) in [6.07, 6.45) is 0.00204. The molecule has 6 rings (SSSR count). The molecule has 2 amide bonds. The number of carbonyl (C=O) groups excluding carboxylic acids is 2. The van der Waals surface area contributed by atoms with Crippen LogP contribution in [0.1, 0.15) is 49.1 Å². The van der Waals surface area contributed by atoms with Crippen LogP contribution in [0, 0.1) is 0 Å². The van der Waals surface area contributed by atoms with E-state index in [0.29, 0.717) is 29.6 Å². The number of nitrogens with zero attached hydrogens (tertiary/aromatic N) is 2. The number of fused-ring (bicyclic) bond motifs is 5. The zero-order valence-corrected chi connectivity index (χ0v) is 23.8. The van der Waals surface area contributed by atoms with Gasteiger partial charge in [0.1, 0.15) is 6.54 Å². The van der Waals surface area contributed by atoms with Crippen molar-refractivity contribution in [3.8, 4) is 11.5 Å². The van der Waals surface area contributed by atoms with E-state index in [9.17, 15) is 9.59 Å². The van der Waals surface area contributed by atoms with Crippen LogP contribution in [0.4, 0.5) is 0 Å². The summed E-state index contributed by atoms with van der Waals surface area (Å²) in [4.78, 5) is 35.0. The third-order valence-electron chi connectivity index (χ3n) is 8.03. The van der Waals surface area contributed by atoms with Crippen molar-refractivity contribution < 1.29 is 19.1 Å². The number of aromatic amines is 1. The normalized spacial score (nSPS) is 20.6. The standard InChI is InChI=1S/C32H32ClN3O4/c1-19(2)40-26-13-12-21(15-27(26)39-4)24-17-36-28(37)18-35(16-20-8-7-9-22(33)14-20)31(38)32(36,3)30-29(24)23-10-5-6-11-25(23)34-30/h5-15,19,24,34H,16-18H2,1-4H3/t24-,32+/m1/s1. The molecule has 40 heavy (non-hydrogen) atoms. The maximum absolute atomic E-state index is 14.3. The fourth-order valence-electron chi connectivity index (χ4n) is 6.21. The van der Waals surface area contributed by atoms with Crippen LogP contribution in [-0.2, 0) is 21.7 Å². The van der Waals surface area contributed by atoms with Gasteiger partial charge in [0.15, 0.2) is 17.0 Å². The van der Waals surface area contributed by atoms with Gasteiger partial charge < -0.3 is 24.3 Å². The highest BCUT2D eigenvalue weighted by Gasteiger charge is 2.56. The molecule has 7 nitrogen and oxygen atoms in total. The number of nitrogens with one attached hydrogen (secondary N) is 1. The smallest absolute Gasteiger partial charge is 0.255 e. The van der Waals surface area contributed by atoms with Gasteiger partial charge in [-0.2, -0.15) is 0 Å². The summed E-state index contributed by atoms with van der Waals surface area (Å²) in [7, 11) is 1.63. The van der Waals surface area contributed by atoms with Crippen molar-refractivity contribution in [3.05, 3.63) is 94.1 Å². The first-order valence-corrected chi connectivity index (χ1v) is 13.9. The zero-order valence-electron chi connectivity index (χ0n) is 23.0. The number of hydrogen-bond acceptors (Lipinski definition) is 4. The van der Waals surface area contributed by atoms with Gasteiger partial charge in [0, 0.05) is 34.9 Å². The second kappa shape index (κ2) is 9.89. The minimum absolute atomic E-state index is 0.00204. The molecule has 1 saturated heterocycles. The van der Waals surface area contributed by atoms with E-state index < -0.39 is 5.54 Å². The van der Waals surface area contributed by atoms with Crippen molar-refractivity contribution in [2.24, 2.45) is 0 Å². The van der Waals surface area contributed by atoms with E-state index >= 15 is 0 Å². The lowest BCUT2D eigenvalue weighted by molar-refractivity contribution is -0.166. The molecule has 2 aliphatic rings. The van der Waals surface area contributed by atoms with Crippen LogP contribution in [0.15, 0.2) is 66.7 Å². The summed E-state index contributed by atoms with van der Waals surface area (Å²) >= 11 is 6.21. The Kier molecular flexibility index (Phi) is 6.50. The summed E-state index contributed by atoms with van der Waals surface area (Å²) in [6, 6.07) is 21.4. The van der Waals surface area contributed by atoms with Crippen molar-refractivity contribution in [2.45, 2.75) is 44.9 Å². The molecule has 0 radical (unpaired) electrons. The van der Waals surface area contributed by atoms with Gasteiger partial charge in [0.25, 0.3) is 5.91 Å². The van der Waals surface area contributed by atoms with Crippen LogP contribution >= 0.6 is 11.6 Å². The van der Waals surface area contributed by atoms with Crippen LogP contribution in [0.3, 0.4) is 0 Å². The number of halogens is 1. The quantitative estimate of drug-likeness (QED) is 0.323. The Morgan fingerprint density at radius 3 is 2.60 bits per heavy atom. The SMILES string of the molecule is COc1cc([C@H]2CN3C(=O)CN(Cc4cccc(Cl)c4)C(=O)[C@]3(C)c3[nH]c4ccccc4c32)ccc1OC(C)C. The Balaban J connectivity index is 1.48. The highest BCUT2D eigenvalue weighted by Crippen LogP contribution is 2.49. The Hall–Kier alpha value is -3.97. The second-order valence-electron chi connectivity index (χ2n) is 11.0. The molecule has 0 spiro atoms. The molecule has 1 fully saturated rings. The topological polar surface area (TPSA) is 74.9 Å². The van der Waals surface area contributed by atoms with Crippen molar-refractivity contribution in [1.82, 2.24) is 14.8 Å². The van der Waals surface area contributed by atoms with Gasteiger partial charge in [-0.05, 0) is 67.8 Å². The largest absolute Gasteiger partial charge is 0.493 e. The van der Waals surface area contributed by atoms with Crippen molar-refractivity contribution in [3.63, 3.8) is 0 Å². The fraction of sp³-hybridized carbons (Fsp3) is 0.312. The predicted molar refractivity (Wildman–Crippen MR) is 155 cm³/mol. The third kappa shape index (κ3) is 4.20. The number of benzene rings is 3. The Labute approximate surface area is 238 Å². The molecular formula is C32H32ClN3O4. The average molecular weight is 558 g/mol. The van der Waals surface area contributed by atoms with Crippen LogP contribution < -0.4 is 9.47 Å². The second-order valence-corrected chi connectivity index (χ2v) is 11.4. The number of carbonyl (C=O) groups is 2. The van der Waals surface area contributed by atoms with Crippen molar-refractivity contribution in [1.29, 1.82) is 0 Å². The molecule has 3 aromatic carbocycles. The van der Waals surface area contributed by atoms with Gasteiger partial charge in [-0.25, -0.2) is 0 Å². The molecule has 4 aromatic rings. The van der Waals surface area contributed by atoms with Gasteiger partial charge in [-0.15, -0.1) is 0 Å². The fourth-order valence-corrected chi connectivity index (χ4v) is 6.42. The van der Waals surface area contributed by atoms with Gasteiger partial charge in [0.05, 0.1) is 18.9 Å². The minimum Gasteiger partial charge on any atom is -0.493 e. The third-order valence-corrected chi connectivity index (χ3v) is 8.27. The van der Waals surface area contributed by atoms with E-state index in [2.05, 4.69) is 11.1 Å². The first-order chi connectivity index (χ1) is 19.2. The summed E-state index contributed by atoms with van der Waals surface area (Å²) in [5.41, 5.74) is 3.40. The van der Waals surface area contributed by atoms with Crippen molar-refractivity contribution >= 4 is 34.3 Å². The minimum atomic E-state index is -1.18. The number of H-pyrrole nitrogens is 1. The highest BCUT2D eigenvalue weighted by atomic mass is 35.5. The molecule has 0 unspecified atom stereocenters. The molecule has 1 N–H and O–H groups in total. The number of methoxy groups -OCH3 is 1. The zero-order chi connectivity index (χ0) is 28.2. The number of piperazine rings is 1. The monoisotopic (exact) mass is 557 g/mol. The Morgan fingerprint density at radius 2 is 1.85 bits per heavy atom. The number of amides is 2. The Bertz CT molecular complexity index is 1630. The van der Waals surface area contributed by atoms with E-state index in [1.54, 1.807) is 23.0 Å². The number of aromatic nitrogens is 1. The lowest BCUT2D eigenvalue weighted by Crippen LogP contribution is -2.67. The summed E-state index contributed by atoms with van der Waals surface area (Å²) in [6.45, 7) is 6.50. The first-order valence-electron chi connectivity index (χ1n) is 13.5. The van der Waals surface area contributed by atoms with E-state index in [1.807, 2.05) is 75.4 Å². The maximum Gasteiger partial charge on any atom is 0.255 e. The lowest BCUT2D eigenvalue weighted by Gasteiger charge is -2.51. The van der Waals surface area contributed by atoms with Crippen molar-refractivity contribution in [2.75, 3.05) is 20.2 Å². The van der Waals surface area contributed by atoms with E-state index in [1.165, 1.54) is 0 Å². The molecule has 206 valence electrons. The van der Waals surface area contributed by atoms with Gasteiger partial charge in [0.2, 0.25) is 5.91 Å². The number of ether oxygens (including phenoxy) is 2. The predicted octanol–water partition coefficient (Wildman–Crippen LogP) is 5.85. The molecule has 0 bridgehead atoms. The molecule has 8 heteroatoms. The van der Waals surface area contributed by atoms with Crippen LogP contribution in [0.5, 0.6) is 11.5 Å². The van der Waals surface area contributed by atoms with Crippen LogP contribution in [-0.4, -0.2) is 52.9 Å². The molecular weight excluding hydrogens is 526 g/mol.